The lowest BCUT2D eigenvalue weighted by Gasteiger charge is -2.40. The number of halogens is 1. The van der Waals surface area contributed by atoms with Crippen LogP contribution in [-0.2, 0) is 5.60 Å². The summed E-state index contributed by atoms with van der Waals surface area (Å²) < 4.78 is 0. The summed E-state index contributed by atoms with van der Waals surface area (Å²) in [5.74, 6) is 0.229. The van der Waals surface area contributed by atoms with E-state index in [4.69, 9.17) is 11.6 Å². The van der Waals surface area contributed by atoms with Crippen LogP contribution in [0, 0.1) is 5.92 Å². The first-order valence-corrected chi connectivity index (χ1v) is 6.90. The Morgan fingerprint density at radius 2 is 2.22 bits per heavy atom. The van der Waals surface area contributed by atoms with Gasteiger partial charge in [-0.1, -0.05) is 30.5 Å². The van der Waals surface area contributed by atoms with Crippen LogP contribution in [-0.4, -0.2) is 35.6 Å². The fourth-order valence-electron chi connectivity index (χ4n) is 2.90. The average molecular weight is 269 g/mol. The van der Waals surface area contributed by atoms with Gasteiger partial charge in [-0.3, -0.25) is 0 Å². The summed E-state index contributed by atoms with van der Waals surface area (Å²) in [6.07, 6.45) is 4.05. The van der Waals surface area contributed by atoms with Crippen molar-refractivity contribution in [2.75, 3.05) is 20.6 Å². The number of nitrogens with zero attached hydrogens (tertiary/aromatic N) is 2. The lowest BCUT2D eigenvalue weighted by molar-refractivity contribution is -0.0652. The van der Waals surface area contributed by atoms with E-state index in [2.05, 4.69) is 9.88 Å². The second kappa shape index (κ2) is 5.55. The van der Waals surface area contributed by atoms with Crippen molar-refractivity contribution in [3.63, 3.8) is 0 Å². The summed E-state index contributed by atoms with van der Waals surface area (Å²) in [5.41, 5.74) is -0.102. The molecule has 0 aromatic carbocycles. The molecule has 1 aromatic rings. The molecule has 3 nitrogen and oxygen atoms in total. The minimum atomic E-state index is -0.826. The van der Waals surface area contributed by atoms with Gasteiger partial charge in [0.15, 0.2) is 0 Å². The number of pyridine rings is 1. The van der Waals surface area contributed by atoms with Crippen molar-refractivity contribution < 1.29 is 5.11 Å². The molecule has 18 heavy (non-hydrogen) atoms. The number of hydrogen-bond acceptors (Lipinski definition) is 3. The summed E-state index contributed by atoms with van der Waals surface area (Å²) in [5, 5.41) is 11.5. The normalized spacial score (nSPS) is 28.6. The van der Waals surface area contributed by atoms with Gasteiger partial charge in [0.05, 0.1) is 5.69 Å². The summed E-state index contributed by atoms with van der Waals surface area (Å²) >= 11 is 5.95. The van der Waals surface area contributed by atoms with Gasteiger partial charge in [0.2, 0.25) is 0 Å². The zero-order valence-electron chi connectivity index (χ0n) is 11.1. The Labute approximate surface area is 114 Å². The Morgan fingerprint density at radius 3 is 2.89 bits per heavy atom. The van der Waals surface area contributed by atoms with E-state index in [9.17, 15) is 5.11 Å². The highest BCUT2D eigenvalue weighted by atomic mass is 35.5. The van der Waals surface area contributed by atoms with Gasteiger partial charge in [0.25, 0.3) is 0 Å². The van der Waals surface area contributed by atoms with Gasteiger partial charge in [0, 0.05) is 12.5 Å². The molecular formula is C14H21ClN2O. The molecule has 0 radical (unpaired) electrons. The second-order valence-electron chi connectivity index (χ2n) is 5.47. The molecule has 0 bridgehead atoms. The molecule has 1 aliphatic rings. The van der Waals surface area contributed by atoms with Crippen LogP contribution in [0.2, 0.25) is 5.15 Å². The number of rotatable bonds is 3. The van der Waals surface area contributed by atoms with Crippen molar-refractivity contribution in [3.8, 4) is 0 Å². The fourth-order valence-corrected chi connectivity index (χ4v) is 3.06. The van der Waals surface area contributed by atoms with Crippen LogP contribution in [0.3, 0.4) is 0 Å². The van der Waals surface area contributed by atoms with Crippen LogP contribution >= 0.6 is 11.6 Å². The quantitative estimate of drug-likeness (QED) is 0.857. The zero-order chi connectivity index (χ0) is 13.2. The zero-order valence-corrected chi connectivity index (χ0v) is 11.8. The van der Waals surface area contributed by atoms with E-state index >= 15 is 0 Å². The highest BCUT2D eigenvalue weighted by Crippen LogP contribution is 2.41. The molecule has 2 atom stereocenters. The van der Waals surface area contributed by atoms with Gasteiger partial charge >= 0.3 is 0 Å². The van der Waals surface area contributed by atoms with E-state index in [1.54, 1.807) is 6.07 Å². The Bertz CT molecular complexity index is 411. The molecule has 0 aliphatic heterocycles. The van der Waals surface area contributed by atoms with Crippen LogP contribution in [0.1, 0.15) is 31.4 Å². The molecule has 100 valence electrons. The SMILES string of the molecule is CN(C)C[C@H]1CCCC[C@@]1(O)c1cccc(Cl)n1. The molecule has 1 saturated carbocycles. The average Bonchev–Trinajstić information content (AvgIpc) is 2.32. The molecule has 1 heterocycles. The maximum Gasteiger partial charge on any atom is 0.129 e. The second-order valence-corrected chi connectivity index (χ2v) is 5.86. The van der Waals surface area contributed by atoms with Crippen molar-refractivity contribution in [1.29, 1.82) is 0 Å². The Hall–Kier alpha value is -0.640. The first-order valence-electron chi connectivity index (χ1n) is 6.52. The van der Waals surface area contributed by atoms with Gasteiger partial charge < -0.3 is 10.0 Å². The van der Waals surface area contributed by atoms with Crippen molar-refractivity contribution >= 4 is 11.6 Å². The molecule has 1 N–H and O–H groups in total. The van der Waals surface area contributed by atoms with E-state index in [1.807, 2.05) is 26.2 Å². The number of aliphatic hydroxyl groups is 1. The van der Waals surface area contributed by atoms with Crippen molar-refractivity contribution in [2.45, 2.75) is 31.3 Å². The Balaban J connectivity index is 2.29. The minimum absolute atomic E-state index is 0.229. The lowest BCUT2D eigenvalue weighted by Crippen LogP contribution is -2.43. The van der Waals surface area contributed by atoms with Gasteiger partial charge in [-0.25, -0.2) is 4.98 Å². The van der Waals surface area contributed by atoms with Gasteiger partial charge in [-0.05, 0) is 39.1 Å². The molecule has 0 spiro atoms. The van der Waals surface area contributed by atoms with E-state index < -0.39 is 5.60 Å². The lowest BCUT2D eigenvalue weighted by atomic mass is 9.73. The third-order valence-electron chi connectivity index (χ3n) is 3.78. The van der Waals surface area contributed by atoms with E-state index in [0.29, 0.717) is 5.15 Å². The van der Waals surface area contributed by atoms with E-state index in [-0.39, 0.29) is 5.92 Å². The van der Waals surface area contributed by atoms with Crippen LogP contribution in [0.5, 0.6) is 0 Å². The molecule has 0 unspecified atom stereocenters. The first kappa shape index (κ1) is 13.8. The molecule has 1 fully saturated rings. The van der Waals surface area contributed by atoms with Gasteiger partial charge in [-0.15, -0.1) is 0 Å². The van der Waals surface area contributed by atoms with Crippen LogP contribution in [0.25, 0.3) is 0 Å². The largest absolute Gasteiger partial charge is 0.383 e. The molecule has 0 saturated heterocycles. The smallest absolute Gasteiger partial charge is 0.129 e. The summed E-state index contributed by atoms with van der Waals surface area (Å²) in [7, 11) is 4.08. The molecule has 1 aromatic heterocycles. The fraction of sp³-hybridized carbons (Fsp3) is 0.643. The van der Waals surface area contributed by atoms with Gasteiger partial charge in [0.1, 0.15) is 10.8 Å². The maximum absolute atomic E-state index is 11.0. The predicted molar refractivity (Wildman–Crippen MR) is 73.7 cm³/mol. The van der Waals surface area contributed by atoms with Gasteiger partial charge in [-0.2, -0.15) is 0 Å². The highest BCUT2D eigenvalue weighted by molar-refractivity contribution is 6.29. The third-order valence-corrected chi connectivity index (χ3v) is 3.99. The third kappa shape index (κ3) is 2.85. The highest BCUT2D eigenvalue weighted by Gasteiger charge is 2.41. The van der Waals surface area contributed by atoms with Crippen LogP contribution in [0.15, 0.2) is 18.2 Å². The number of hydrogen-bond donors (Lipinski definition) is 1. The maximum atomic E-state index is 11.0. The monoisotopic (exact) mass is 268 g/mol. The number of aromatic nitrogens is 1. The summed E-state index contributed by atoms with van der Waals surface area (Å²) in [6, 6.07) is 5.50. The van der Waals surface area contributed by atoms with E-state index in [1.165, 1.54) is 6.42 Å². The molecule has 1 aliphatic carbocycles. The van der Waals surface area contributed by atoms with Crippen LogP contribution in [0.4, 0.5) is 0 Å². The Morgan fingerprint density at radius 1 is 1.44 bits per heavy atom. The van der Waals surface area contributed by atoms with Crippen molar-refractivity contribution in [1.82, 2.24) is 9.88 Å². The van der Waals surface area contributed by atoms with Crippen molar-refractivity contribution in [2.24, 2.45) is 5.92 Å². The predicted octanol–water partition coefficient (Wildman–Crippen LogP) is 2.67. The topological polar surface area (TPSA) is 36.4 Å². The summed E-state index contributed by atoms with van der Waals surface area (Å²) in [4.78, 5) is 6.45. The molecule has 4 heteroatoms. The molecule has 0 amide bonds. The molecule has 2 rings (SSSR count). The Kier molecular flexibility index (Phi) is 4.25. The minimum Gasteiger partial charge on any atom is -0.383 e. The standard InChI is InChI=1S/C14H21ClN2O/c1-17(2)10-11-6-3-4-9-14(11,18)12-7-5-8-13(15)16-12/h5,7-8,11,18H,3-4,6,9-10H2,1-2H3/t11-,14+/m1/s1. The first-order chi connectivity index (χ1) is 8.52. The van der Waals surface area contributed by atoms with E-state index in [0.717, 1.165) is 31.5 Å². The van der Waals surface area contributed by atoms with Crippen LogP contribution < -0.4 is 0 Å². The molecular weight excluding hydrogens is 248 g/mol. The summed E-state index contributed by atoms with van der Waals surface area (Å²) in [6.45, 7) is 0.880. The van der Waals surface area contributed by atoms with Crippen molar-refractivity contribution in [3.05, 3.63) is 29.0 Å².